The van der Waals surface area contributed by atoms with Crippen molar-refractivity contribution in [3.63, 3.8) is 0 Å². The number of carbonyl (C=O) groups excluding carboxylic acids is 1. The van der Waals surface area contributed by atoms with Gasteiger partial charge >= 0.3 is 0 Å². The van der Waals surface area contributed by atoms with Crippen molar-refractivity contribution in [2.24, 2.45) is 5.92 Å². The number of hydrogen-bond acceptors (Lipinski definition) is 3. The number of nitrogens with one attached hydrogen (secondary N) is 1. The number of likely N-dealkylation sites (tertiary alicyclic amines) is 1. The number of piperidine rings is 1. The van der Waals surface area contributed by atoms with Crippen LogP contribution in [-0.2, 0) is 6.42 Å². The lowest BCUT2D eigenvalue weighted by Gasteiger charge is -2.31. The van der Waals surface area contributed by atoms with E-state index in [1.54, 1.807) is 0 Å². The van der Waals surface area contributed by atoms with Gasteiger partial charge in [-0.25, -0.2) is 4.98 Å². The second-order valence-electron chi connectivity index (χ2n) is 5.72. The molecule has 22 heavy (non-hydrogen) atoms. The van der Waals surface area contributed by atoms with Gasteiger partial charge in [0, 0.05) is 19.3 Å². The molecule has 0 spiro atoms. The van der Waals surface area contributed by atoms with E-state index in [2.05, 4.69) is 34.2 Å². The van der Waals surface area contributed by atoms with Gasteiger partial charge in [0.05, 0.1) is 6.20 Å². The van der Waals surface area contributed by atoms with Gasteiger partial charge in [0.15, 0.2) is 0 Å². The van der Waals surface area contributed by atoms with Crippen molar-refractivity contribution in [1.29, 1.82) is 0 Å². The fourth-order valence-electron chi connectivity index (χ4n) is 2.91. The van der Waals surface area contributed by atoms with Crippen LogP contribution in [0.15, 0.2) is 47.5 Å². The number of aromatic amines is 1. The predicted octanol–water partition coefficient (Wildman–Crippen LogP) is 1.86. The zero-order valence-corrected chi connectivity index (χ0v) is 12.4. The Bertz CT molecular complexity index is 668. The summed E-state index contributed by atoms with van der Waals surface area (Å²) in [7, 11) is 0. The Morgan fingerprint density at radius 3 is 2.59 bits per heavy atom. The molecule has 1 fully saturated rings. The normalized spacial score (nSPS) is 15.7. The highest BCUT2D eigenvalue weighted by atomic mass is 16.2. The van der Waals surface area contributed by atoms with Gasteiger partial charge in [-0.3, -0.25) is 9.59 Å². The molecule has 2 heterocycles. The first kappa shape index (κ1) is 14.5. The first-order chi connectivity index (χ1) is 10.7. The molecule has 0 aliphatic carbocycles. The first-order valence-corrected chi connectivity index (χ1v) is 7.60. The van der Waals surface area contributed by atoms with Crippen molar-refractivity contribution in [2.45, 2.75) is 19.3 Å². The average Bonchev–Trinajstić information content (AvgIpc) is 2.57. The molecule has 1 aliphatic rings. The molecule has 3 rings (SSSR count). The number of rotatable bonds is 3. The molecule has 1 aromatic heterocycles. The van der Waals surface area contributed by atoms with E-state index in [4.69, 9.17) is 0 Å². The van der Waals surface area contributed by atoms with E-state index in [9.17, 15) is 9.59 Å². The van der Waals surface area contributed by atoms with Gasteiger partial charge < -0.3 is 9.88 Å². The van der Waals surface area contributed by atoms with E-state index in [1.807, 2.05) is 11.0 Å². The highest BCUT2D eigenvalue weighted by Crippen LogP contribution is 2.22. The summed E-state index contributed by atoms with van der Waals surface area (Å²) >= 11 is 0. The largest absolute Gasteiger partial charge is 0.337 e. The second-order valence-corrected chi connectivity index (χ2v) is 5.72. The van der Waals surface area contributed by atoms with Crippen LogP contribution in [0, 0.1) is 5.92 Å². The molecule has 0 atom stereocenters. The van der Waals surface area contributed by atoms with Gasteiger partial charge in [-0.2, -0.15) is 0 Å². The molecule has 1 aliphatic heterocycles. The summed E-state index contributed by atoms with van der Waals surface area (Å²) in [5.74, 6) is 0.518. The third-order valence-electron chi connectivity index (χ3n) is 4.16. The molecule has 114 valence electrons. The monoisotopic (exact) mass is 297 g/mol. The van der Waals surface area contributed by atoms with Crippen molar-refractivity contribution in [1.82, 2.24) is 14.9 Å². The second kappa shape index (κ2) is 6.56. The lowest BCUT2D eigenvalue weighted by atomic mass is 9.90. The zero-order chi connectivity index (χ0) is 15.4. The number of aromatic nitrogens is 2. The summed E-state index contributed by atoms with van der Waals surface area (Å²) in [5.41, 5.74) is 1.37. The van der Waals surface area contributed by atoms with Crippen molar-refractivity contribution in [2.75, 3.05) is 13.1 Å². The molecule has 0 unspecified atom stereocenters. The maximum Gasteiger partial charge on any atom is 0.273 e. The molecule has 0 saturated carbocycles. The van der Waals surface area contributed by atoms with Crippen LogP contribution >= 0.6 is 0 Å². The van der Waals surface area contributed by atoms with Crippen LogP contribution in [0.3, 0.4) is 0 Å². The van der Waals surface area contributed by atoms with E-state index in [0.717, 1.165) is 38.5 Å². The fourth-order valence-corrected chi connectivity index (χ4v) is 2.91. The first-order valence-electron chi connectivity index (χ1n) is 7.60. The Labute approximate surface area is 129 Å². The fraction of sp³-hybridized carbons (Fsp3) is 0.353. The Balaban J connectivity index is 1.56. The topological polar surface area (TPSA) is 66.1 Å². The number of benzene rings is 1. The summed E-state index contributed by atoms with van der Waals surface area (Å²) in [4.78, 5) is 31.5. The van der Waals surface area contributed by atoms with Crippen LogP contribution < -0.4 is 5.56 Å². The van der Waals surface area contributed by atoms with E-state index < -0.39 is 0 Å². The standard InChI is InChI=1S/C17H19N3O2/c21-16-12-18-15(11-19-16)17(22)20-8-6-14(7-9-20)10-13-4-2-1-3-5-13/h1-5,11-12,14H,6-10H2,(H,19,21). The molecule has 5 heteroatoms. The Morgan fingerprint density at radius 2 is 1.95 bits per heavy atom. The highest BCUT2D eigenvalue weighted by Gasteiger charge is 2.24. The van der Waals surface area contributed by atoms with Crippen LogP contribution in [-0.4, -0.2) is 33.9 Å². The molecule has 1 N–H and O–H groups in total. The summed E-state index contributed by atoms with van der Waals surface area (Å²) in [6, 6.07) is 10.5. The average molecular weight is 297 g/mol. The van der Waals surface area contributed by atoms with Gasteiger partial charge in [0.2, 0.25) is 0 Å². The molecular formula is C17H19N3O2. The van der Waals surface area contributed by atoms with Gasteiger partial charge in [-0.15, -0.1) is 0 Å². The minimum absolute atomic E-state index is 0.102. The zero-order valence-electron chi connectivity index (χ0n) is 12.4. The lowest BCUT2D eigenvalue weighted by Crippen LogP contribution is -2.39. The minimum atomic E-state index is -0.293. The maximum atomic E-state index is 12.3. The number of nitrogens with zero attached hydrogens (tertiary/aromatic N) is 2. The molecule has 1 aromatic carbocycles. The number of hydrogen-bond donors (Lipinski definition) is 1. The van der Waals surface area contributed by atoms with E-state index >= 15 is 0 Å². The molecule has 1 amide bonds. The molecular weight excluding hydrogens is 278 g/mol. The van der Waals surface area contributed by atoms with E-state index in [-0.39, 0.29) is 11.5 Å². The van der Waals surface area contributed by atoms with Crippen LogP contribution in [0.5, 0.6) is 0 Å². The minimum Gasteiger partial charge on any atom is -0.337 e. The summed E-state index contributed by atoms with van der Waals surface area (Å²) in [6.45, 7) is 1.49. The van der Waals surface area contributed by atoms with Crippen molar-refractivity contribution in [3.05, 3.63) is 64.3 Å². The maximum absolute atomic E-state index is 12.3. The summed E-state index contributed by atoms with van der Waals surface area (Å²) in [6.07, 6.45) is 5.61. The number of amides is 1. The Hall–Kier alpha value is -2.43. The Kier molecular flexibility index (Phi) is 4.32. The molecule has 1 saturated heterocycles. The van der Waals surface area contributed by atoms with Gasteiger partial charge in [-0.05, 0) is 30.7 Å². The molecule has 2 aromatic rings. The lowest BCUT2D eigenvalue weighted by molar-refractivity contribution is 0.0684. The molecule has 5 nitrogen and oxygen atoms in total. The van der Waals surface area contributed by atoms with Crippen molar-refractivity contribution < 1.29 is 4.79 Å². The predicted molar refractivity (Wildman–Crippen MR) is 83.6 cm³/mol. The van der Waals surface area contributed by atoms with Crippen LogP contribution in [0.1, 0.15) is 28.9 Å². The quantitative estimate of drug-likeness (QED) is 0.940. The van der Waals surface area contributed by atoms with Gasteiger partial charge in [0.1, 0.15) is 5.69 Å². The highest BCUT2D eigenvalue weighted by molar-refractivity contribution is 5.92. The van der Waals surface area contributed by atoms with Gasteiger partial charge in [0.25, 0.3) is 11.5 Å². The Morgan fingerprint density at radius 1 is 1.23 bits per heavy atom. The number of H-pyrrole nitrogens is 1. The van der Waals surface area contributed by atoms with Crippen LogP contribution in [0.25, 0.3) is 0 Å². The SMILES string of the molecule is O=C(c1c[nH]c(=O)cn1)N1CCC(Cc2ccccc2)CC1. The third kappa shape index (κ3) is 3.42. The van der Waals surface area contributed by atoms with Crippen LogP contribution in [0.2, 0.25) is 0 Å². The van der Waals surface area contributed by atoms with Crippen LogP contribution in [0.4, 0.5) is 0 Å². The summed E-state index contributed by atoms with van der Waals surface area (Å²) < 4.78 is 0. The van der Waals surface area contributed by atoms with Crippen molar-refractivity contribution in [3.8, 4) is 0 Å². The smallest absolute Gasteiger partial charge is 0.273 e. The molecule has 0 bridgehead atoms. The van der Waals surface area contributed by atoms with Crippen molar-refractivity contribution >= 4 is 5.91 Å². The van der Waals surface area contributed by atoms with E-state index in [0.29, 0.717) is 11.6 Å². The molecule has 0 radical (unpaired) electrons. The van der Waals surface area contributed by atoms with E-state index in [1.165, 1.54) is 11.8 Å². The summed E-state index contributed by atoms with van der Waals surface area (Å²) in [5, 5.41) is 0. The number of carbonyl (C=O) groups is 1. The van der Waals surface area contributed by atoms with Gasteiger partial charge in [-0.1, -0.05) is 30.3 Å². The third-order valence-corrected chi connectivity index (χ3v) is 4.16.